The van der Waals surface area contributed by atoms with E-state index in [4.69, 9.17) is 9.47 Å². The Balaban J connectivity index is 1.49. The van der Waals surface area contributed by atoms with E-state index in [9.17, 15) is 20.2 Å². The molecule has 0 unspecified atom stereocenters. The molecular weight excluding hydrogens is 364 g/mol. The fourth-order valence-corrected chi connectivity index (χ4v) is 2.66. The maximum Gasteiger partial charge on any atom is 0.273 e. The zero-order chi connectivity index (χ0) is 20.2. The summed E-state index contributed by atoms with van der Waals surface area (Å²) in [4.78, 5) is 20.6. The van der Waals surface area contributed by atoms with Gasteiger partial charge in [0.2, 0.25) is 0 Å². The standard InChI is InChI=1S/C20H24N2O6/c23-21(24)17-9-7-11-19(15-17)27-13-5-3-1-2-4-6-14-28-20-12-8-10-18(16-20)22(25)26/h7-12,15-16H,1-6,13-14H2. The quantitative estimate of drug-likeness (QED) is 0.262. The van der Waals surface area contributed by atoms with Gasteiger partial charge < -0.3 is 9.47 Å². The Kier molecular flexibility index (Phi) is 8.71. The lowest BCUT2D eigenvalue weighted by Crippen LogP contribution is -1.99. The Labute approximate surface area is 163 Å². The summed E-state index contributed by atoms with van der Waals surface area (Å²) in [5.74, 6) is 1.04. The van der Waals surface area contributed by atoms with Crippen LogP contribution in [0.2, 0.25) is 0 Å². The van der Waals surface area contributed by atoms with E-state index < -0.39 is 9.85 Å². The van der Waals surface area contributed by atoms with Crippen LogP contribution < -0.4 is 9.47 Å². The van der Waals surface area contributed by atoms with Gasteiger partial charge in [-0.1, -0.05) is 37.8 Å². The van der Waals surface area contributed by atoms with Crippen LogP contribution in [0.3, 0.4) is 0 Å². The van der Waals surface area contributed by atoms with Crippen LogP contribution in [0.25, 0.3) is 0 Å². The minimum Gasteiger partial charge on any atom is -0.493 e. The second-order valence-electron chi connectivity index (χ2n) is 6.33. The molecule has 8 heteroatoms. The molecule has 0 spiro atoms. The van der Waals surface area contributed by atoms with Gasteiger partial charge in [-0.25, -0.2) is 0 Å². The van der Waals surface area contributed by atoms with Gasteiger partial charge in [-0.3, -0.25) is 20.2 Å². The summed E-state index contributed by atoms with van der Waals surface area (Å²) < 4.78 is 11.1. The lowest BCUT2D eigenvalue weighted by atomic mass is 10.1. The molecule has 0 aliphatic carbocycles. The van der Waals surface area contributed by atoms with Crippen LogP contribution in [0.4, 0.5) is 11.4 Å². The van der Waals surface area contributed by atoms with E-state index in [0.717, 1.165) is 38.5 Å². The Morgan fingerprint density at radius 1 is 0.643 bits per heavy atom. The van der Waals surface area contributed by atoms with Gasteiger partial charge in [-0.15, -0.1) is 0 Å². The van der Waals surface area contributed by atoms with Gasteiger partial charge in [0.1, 0.15) is 11.5 Å². The smallest absolute Gasteiger partial charge is 0.273 e. The van der Waals surface area contributed by atoms with E-state index in [0.29, 0.717) is 24.7 Å². The van der Waals surface area contributed by atoms with Crippen LogP contribution in [0.5, 0.6) is 11.5 Å². The first-order valence-electron chi connectivity index (χ1n) is 9.31. The summed E-state index contributed by atoms with van der Waals surface area (Å²) in [5.41, 5.74) is 0.0645. The molecule has 0 N–H and O–H groups in total. The number of benzene rings is 2. The van der Waals surface area contributed by atoms with Gasteiger partial charge in [-0.2, -0.15) is 0 Å². The topological polar surface area (TPSA) is 105 Å². The summed E-state index contributed by atoms with van der Waals surface area (Å²) in [7, 11) is 0. The first kappa shape index (κ1) is 21.1. The number of nitro benzene ring substituents is 2. The largest absolute Gasteiger partial charge is 0.493 e. The third-order valence-corrected chi connectivity index (χ3v) is 4.13. The molecule has 2 rings (SSSR count). The molecule has 0 saturated heterocycles. The minimum atomic E-state index is -0.435. The highest BCUT2D eigenvalue weighted by Crippen LogP contribution is 2.20. The molecular formula is C20H24N2O6. The van der Waals surface area contributed by atoms with Crippen molar-refractivity contribution in [2.75, 3.05) is 13.2 Å². The lowest BCUT2D eigenvalue weighted by molar-refractivity contribution is -0.385. The maximum absolute atomic E-state index is 10.7. The monoisotopic (exact) mass is 388 g/mol. The van der Waals surface area contributed by atoms with Gasteiger partial charge in [0.05, 0.1) is 35.2 Å². The van der Waals surface area contributed by atoms with E-state index in [1.165, 1.54) is 24.3 Å². The van der Waals surface area contributed by atoms with E-state index in [2.05, 4.69) is 0 Å². The average Bonchev–Trinajstić information content (AvgIpc) is 2.69. The van der Waals surface area contributed by atoms with Crippen LogP contribution in [0.15, 0.2) is 48.5 Å². The van der Waals surface area contributed by atoms with Gasteiger partial charge in [-0.05, 0) is 25.0 Å². The van der Waals surface area contributed by atoms with E-state index in [-0.39, 0.29) is 11.4 Å². The van der Waals surface area contributed by atoms with Crippen LogP contribution in [0.1, 0.15) is 38.5 Å². The molecule has 8 nitrogen and oxygen atoms in total. The maximum atomic E-state index is 10.7. The molecule has 0 bridgehead atoms. The van der Waals surface area contributed by atoms with Gasteiger partial charge >= 0.3 is 0 Å². The first-order valence-corrected chi connectivity index (χ1v) is 9.31. The zero-order valence-electron chi connectivity index (χ0n) is 15.6. The number of hydrogen-bond acceptors (Lipinski definition) is 6. The van der Waals surface area contributed by atoms with Crippen molar-refractivity contribution in [3.8, 4) is 11.5 Å². The number of nitrogens with zero attached hydrogens (tertiary/aromatic N) is 2. The van der Waals surface area contributed by atoms with Crippen molar-refractivity contribution in [3.05, 3.63) is 68.8 Å². The van der Waals surface area contributed by atoms with Gasteiger partial charge in [0.15, 0.2) is 0 Å². The molecule has 0 aliphatic rings. The van der Waals surface area contributed by atoms with Crippen molar-refractivity contribution in [1.82, 2.24) is 0 Å². The number of non-ortho nitro benzene ring substituents is 2. The predicted octanol–water partition coefficient (Wildman–Crippen LogP) is 5.30. The lowest BCUT2D eigenvalue weighted by Gasteiger charge is -2.07. The molecule has 0 fully saturated rings. The number of hydrogen-bond donors (Lipinski definition) is 0. The third kappa shape index (κ3) is 7.61. The van der Waals surface area contributed by atoms with E-state index >= 15 is 0 Å². The SMILES string of the molecule is O=[N+]([O-])c1cccc(OCCCCCCCCOc2cccc([N+](=O)[O-])c2)c1. The molecule has 2 aromatic carbocycles. The molecule has 28 heavy (non-hydrogen) atoms. The fourth-order valence-electron chi connectivity index (χ4n) is 2.66. The summed E-state index contributed by atoms with van der Waals surface area (Å²) in [6.45, 7) is 1.08. The molecule has 0 atom stereocenters. The summed E-state index contributed by atoms with van der Waals surface area (Å²) in [6.07, 6.45) is 6.01. The Morgan fingerprint density at radius 2 is 1.04 bits per heavy atom. The van der Waals surface area contributed by atoms with Crippen molar-refractivity contribution in [3.63, 3.8) is 0 Å². The predicted molar refractivity (Wildman–Crippen MR) is 105 cm³/mol. The molecule has 2 aromatic rings. The fraction of sp³-hybridized carbons (Fsp3) is 0.400. The molecule has 0 amide bonds. The normalized spacial score (nSPS) is 10.4. The molecule has 150 valence electrons. The van der Waals surface area contributed by atoms with Gasteiger partial charge in [0.25, 0.3) is 11.4 Å². The van der Waals surface area contributed by atoms with Crippen LogP contribution in [-0.4, -0.2) is 23.1 Å². The van der Waals surface area contributed by atoms with Crippen molar-refractivity contribution >= 4 is 11.4 Å². The number of ether oxygens (including phenoxy) is 2. The highest BCUT2D eigenvalue weighted by molar-refractivity contribution is 5.38. The number of rotatable bonds is 13. The molecule has 0 saturated carbocycles. The Bertz CT molecular complexity index is 715. The summed E-state index contributed by atoms with van der Waals surface area (Å²) in [5, 5.41) is 21.4. The van der Waals surface area contributed by atoms with Crippen molar-refractivity contribution in [2.45, 2.75) is 38.5 Å². The number of nitro groups is 2. The second kappa shape index (κ2) is 11.5. The van der Waals surface area contributed by atoms with E-state index in [1.54, 1.807) is 24.3 Å². The van der Waals surface area contributed by atoms with Crippen molar-refractivity contribution < 1.29 is 19.3 Å². The Morgan fingerprint density at radius 3 is 1.43 bits per heavy atom. The molecule has 0 heterocycles. The third-order valence-electron chi connectivity index (χ3n) is 4.13. The highest BCUT2D eigenvalue weighted by Gasteiger charge is 2.07. The Hall–Kier alpha value is -3.16. The first-order chi connectivity index (χ1) is 13.6. The molecule has 0 aromatic heterocycles. The van der Waals surface area contributed by atoms with Crippen LogP contribution in [-0.2, 0) is 0 Å². The minimum absolute atomic E-state index is 0.0322. The van der Waals surface area contributed by atoms with Crippen LogP contribution in [0, 0.1) is 20.2 Å². The van der Waals surface area contributed by atoms with Gasteiger partial charge in [0, 0.05) is 12.1 Å². The molecule has 0 radical (unpaired) electrons. The highest BCUT2D eigenvalue weighted by atomic mass is 16.6. The summed E-state index contributed by atoms with van der Waals surface area (Å²) >= 11 is 0. The number of unbranched alkanes of at least 4 members (excludes halogenated alkanes) is 5. The van der Waals surface area contributed by atoms with Crippen molar-refractivity contribution in [2.24, 2.45) is 0 Å². The zero-order valence-corrected chi connectivity index (χ0v) is 15.6. The van der Waals surface area contributed by atoms with Crippen molar-refractivity contribution in [1.29, 1.82) is 0 Å². The summed E-state index contributed by atoms with van der Waals surface area (Å²) in [6, 6.07) is 12.4. The molecule has 0 aliphatic heterocycles. The average molecular weight is 388 g/mol. The second-order valence-corrected chi connectivity index (χ2v) is 6.33. The van der Waals surface area contributed by atoms with E-state index in [1.807, 2.05) is 0 Å². The van der Waals surface area contributed by atoms with Crippen LogP contribution >= 0.6 is 0 Å².